The predicted octanol–water partition coefficient (Wildman–Crippen LogP) is 10.8. The Bertz CT molecular complexity index is 2910. The second-order valence-corrected chi connectivity index (χ2v) is 16.2. The molecule has 0 unspecified atom stereocenters. The van der Waals surface area contributed by atoms with Gasteiger partial charge in [0, 0.05) is 29.2 Å². The summed E-state index contributed by atoms with van der Waals surface area (Å²) in [5.74, 6) is 0.0264. The number of carbonyl (C=O) groups is 5. The van der Waals surface area contributed by atoms with Crippen LogP contribution in [0.25, 0.3) is 0 Å². The maximum Gasteiger partial charge on any atom is 0.343 e. The Labute approximate surface area is 432 Å². The monoisotopic (exact) mass is 1010 g/mol. The van der Waals surface area contributed by atoms with Gasteiger partial charge in [0.2, 0.25) is 17.8 Å². The SMILES string of the molecule is C=CC(=O)OCCCCOc1ccc(C(=O)Oc2ccc(Nc3nc(Nc4ccc(OC(=O)c5ccc(OCCCCOC(=O)C=C)cc5)cc4)nc(Nc4ccc(C(=O)Oc5ccc(C)cc5)cc4)n3)cc2)cc1. The van der Waals surface area contributed by atoms with Gasteiger partial charge in [0.25, 0.3) is 0 Å². The highest BCUT2D eigenvalue weighted by molar-refractivity contribution is 5.92. The molecule has 7 rings (SSSR count). The molecule has 18 nitrogen and oxygen atoms in total. The molecule has 0 spiro atoms. The van der Waals surface area contributed by atoms with E-state index in [1.54, 1.807) is 133 Å². The van der Waals surface area contributed by atoms with Gasteiger partial charge in [-0.3, -0.25) is 0 Å². The van der Waals surface area contributed by atoms with E-state index in [4.69, 9.17) is 33.2 Å². The number of aryl methyl sites for hydroxylation is 1. The van der Waals surface area contributed by atoms with Crippen LogP contribution in [0.5, 0.6) is 28.7 Å². The van der Waals surface area contributed by atoms with Gasteiger partial charge in [0.05, 0.1) is 43.1 Å². The van der Waals surface area contributed by atoms with Gasteiger partial charge < -0.3 is 49.1 Å². The van der Waals surface area contributed by atoms with Crippen molar-refractivity contribution in [3.63, 3.8) is 0 Å². The number of benzene rings is 6. The fourth-order valence-corrected chi connectivity index (χ4v) is 6.56. The van der Waals surface area contributed by atoms with E-state index in [-0.39, 0.29) is 31.1 Å². The molecule has 0 saturated carbocycles. The number of hydrogen-bond donors (Lipinski definition) is 3. The fraction of sp³-hybridized carbons (Fsp3) is 0.158. The van der Waals surface area contributed by atoms with Crippen LogP contribution >= 0.6 is 0 Å². The third-order valence-corrected chi connectivity index (χ3v) is 10.5. The summed E-state index contributed by atoms with van der Waals surface area (Å²) in [5.41, 5.74) is 3.70. The first-order valence-electron chi connectivity index (χ1n) is 23.6. The lowest BCUT2D eigenvalue weighted by Crippen LogP contribution is -2.10. The van der Waals surface area contributed by atoms with Gasteiger partial charge in [-0.1, -0.05) is 30.9 Å². The highest BCUT2D eigenvalue weighted by Gasteiger charge is 2.15. The van der Waals surface area contributed by atoms with Crippen molar-refractivity contribution < 1.29 is 57.1 Å². The average Bonchev–Trinajstić information content (AvgIpc) is 3.42. The molecule has 18 heteroatoms. The largest absolute Gasteiger partial charge is 0.494 e. The van der Waals surface area contributed by atoms with Crippen molar-refractivity contribution in [1.29, 1.82) is 0 Å². The van der Waals surface area contributed by atoms with E-state index in [0.29, 0.717) is 101 Å². The maximum atomic E-state index is 13.0. The Morgan fingerprint density at radius 2 is 0.680 bits per heavy atom. The summed E-state index contributed by atoms with van der Waals surface area (Å²) in [6.45, 7) is 10.0. The van der Waals surface area contributed by atoms with Gasteiger partial charge in [0.15, 0.2) is 0 Å². The zero-order chi connectivity index (χ0) is 52.8. The van der Waals surface area contributed by atoms with Crippen molar-refractivity contribution in [2.45, 2.75) is 32.6 Å². The van der Waals surface area contributed by atoms with Crippen LogP contribution in [0.4, 0.5) is 34.9 Å². The van der Waals surface area contributed by atoms with Crippen molar-refractivity contribution in [1.82, 2.24) is 15.0 Å². The number of anilines is 6. The summed E-state index contributed by atoms with van der Waals surface area (Å²) in [6.07, 6.45) is 4.85. The minimum absolute atomic E-state index is 0.144. The Hall–Kier alpha value is -9.84. The van der Waals surface area contributed by atoms with Gasteiger partial charge >= 0.3 is 29.8 Å². The van der Waals surface area contributed by atoms with Gasteiger partial charge in [-0.05, 0) is 166 Å². The number of hydrogen-bond acceptors (Lipinski definition) is 18. The van der Waals surface area contributed by atoms with Crippen molar-refractivity contribution in [3.05, 3.63) is 193 Å². The topological polar surface area (TPSA) is 225 Å². The van der Waals surface area contributed by atoms with Gasteiger partial charge in [-0.2, -0.15) is 15.0 Å². The minimum atomic E-state index is -0.565. The molecule has 75 heavy (non-hydrogen) atoms. The highest BCUT2D eigenvalue weighted by atomic mass is 16.6. The minimum Gasteiger partial charge on any atom is -0.494 e. The van der Waals surface area contributed by atoms with Gasteiger partial charge in [-0.25, -0.2) is 24.0 Å². The lowest BCUT2D eigenvalue weighted by atomic mass is 10.2. The molecule has 6 aromatic carbocycles. The zero-order valence-electron chi connectivity index (χ0n) is 40.8. The molecule has 0 aliphatic heterocycles. The quantitative estimate of drug-likeness (QED) is 0.0198. The zero-order valence-corrected chi connectivity index (χ0v) is 40.8. The molecular weight excluding hydrogens is 961 g/mol. The number of unbranched alkanes of at least 4 members (excludes halogenated alkanes) is 2. The molecule has 0 aliphatic carbocycles. The molecule has 7 aromatic rings. The Kier molecular flexibility index (Phi) is 19.1. The Morgan fingerprint density at radius 3 is 1.01 bits per heavy atom. The van der Waals surface area contributed by atoms with E-state index < -0.39 is 29.8 Å². The van der Waals surface area contributed by atoms with E-state index in [1.165, 1.54) is 0 Å². The predicted molar refractivity (Wildman–Crippen MR) is 280 cm³/mol. The van der Waals surface area contributed by atoms with E-state index in [0.717, 1.165) is 17.7 Å². The van der Waals surface area contributed by atoms with E-state index in [1.807, 2.05) is 19.1 Å². The number of nitrogens with one attached hydrogen (secondary N) is 3. The molecule has 0 atom stereocenters. The molecule has 382 valence electrons. The molecule has 3 N–H and O–H groups in total. The number of rotatable bonds is 26. The smallest absolute Gasteiger partial charge is 0.343 e. The summed E-state index contributed by atoms with van der Waals surface area (Å²) in [7, 11) is 0. The van der Waals surface area contributed by atoms with Crippen LogP contribution in [-0.4, -0.2) is 71.2 Å². The molecule has 0 saturated heterocycles. The molecule has 0 aliphatic rings. The van der Waals surface area contributed by atoms with Crippen LogP contribution in [-0.2, 0) is 19.1 Å². The summed E-state index contributed by atoms with van der Waals surface area (Å²) in [5, 5.41) is 9.50. The lowest BCUT2D eigenvalue weighted by Gasteiger charge is -2.13. The number of aromatic nitrogens is 3. The van der Waals surface area contributed by atoms with Crippen LogP contribution in [0.3, 0.4) is 0 Å². The molecule has 0 amide bonds. The van der Waals surface area contributed by atoms with Crippen LogP contribution in [0.2, 0.25) is 0 Å². The lowest BCUT2D eigenvalue weighted by molar-refractivity contribution is -0.138. The first-order valence-corrected chi connectivity index (χ1v) is 23.6. The summed E-state index contributed by atoms with van der Waals surface area (Å²) in [4.78, 5) is 75.0. The third-order valence-electron chi connectivity index (χ3n) is 10.5. The number of nitrogens with zero attached hydrogens (tertiary/aromatic N) is 3. The maximum absolute atomic E-state index is 13.0. The normalized spacial score (nSPS) is 10.5. The van der Waals surface area contributed by atoms with Gasteiger partial charge in [0.1, 0.15) is 28.7 Å². The number of ether oxygens (including phenoxy) is 7. The molecule has 0 bridgehead atoms. The van der Waals surface area contributed by atoms with Crippen molar-refractivity contribution >= 4 is 64.8 Å². The van der Waals surface area contributed by atoms with Gasteiger partial charge in [-0.15, -0.1) is 0 Å². The van der Waals surface area contributed by atoms with Crippen LogP contribution in [0, 0.1) is 6.92 Å². The van der Waals surface area contributed by atoms with Crippen molar-refractivity contribution in [2.75, 3.05) is 42.4 Å². The number of esters is 5. The Balaban J connectivity index is 0.971. The fourth-order valence-electron chi connectivity index (χ4n) is 6.56. The standard InChI is InChI=1S/C57H52N6O12/c1-4-50(64)71-36-8-6-34-69-45-26-14-40(15-27-45)53(67)74-48-30-20-43(21-31-48)59-56-61-55(58-42-18-12-39(13-19-42)52(66)73-47-24-10-38(3)11-25-47)62-57(63-56)60-44-22-32-49(33-23-44)75-54(68)41-16-28-46(29-17-41)70-35-7-9-37-72-51(65)5-2/h4-5,10-33H,1-2,6-9,34-37H2,3H3,(H3,58,59,60,61,62,63). The van der Waals surface area contributed by atoms with E-state index in [2.05, 4.69) is 44.1 Å². The third kappa shape index (κ3) is 17.2. The second kappa shape index (κ2) is 27.1. The Morgan fingerprint density at radius 1 is 0.400 bits per heavy atom. The first-order chi connectivity index (χ1) is 36.5. The first kappa shape index (κ1) is 53.0. The second-order valence-electron chi connectivity index (χ2n) is 16.2. The average molecular weight is 1010 g/mol. The molecule has 1 aromatic heterocycles. The molecule has 0 fully saturated rings. The summed E-state index contributed by atoms with van der Waals surface area (Å²) in [6, 6.07) is 40.1. The highest BCUT2D eigenvalue weighted by Crippen LogP contribution is 2.26. The van der Waals surface area contributed by atoms with Crippen LogP contribution < -0.4 is 39.6 Å². The summed E-state index contributed by atoms with van der Waals surface area (Å²) < 4.78 is 38.1. The molecule has 0 radical (unpaired) electrons. The van der Waals surface area contributed by atoms with E-state index >= 15 is 0 Å². The van der Waals surface area contributed by atoms with Crippen molar-refractivity contribution in [3.8, 4) is 28.7 Å². The summed E-state index contributed by atoms with van der Waals surface area (Å²) >= 11 is 0. The molecular formula is C57H52N6O12. The number of carbonyl (C=O) groups excluding carboxylic acids is 5. The van der Waals surface area contributed by atoms with Crippen molar-refractivity contribution in [2.24, 2.45) is 0 Å². The van der Waals surface area contributed by atoms with Crippen LogP contribution in [0.1, 0.15) is 62.3 Å². The van der Waals surface area contributed by atoms with E-state index in [9.17, 15) is 24.0 Å². The molecule has 1 heterocycles. The van der Waals surface area contributed by atoms with Crippen LogP contribution in [0.15, 0.2) is 171 Å².